The van der Waals surface area contributed by atoms with Crippen LogP contribution in [0.2, 0.25) is 0 Å². The van der Waals surface area contributed by atoms with Crippen LogP contribution in [-0.2, 0) is 6.54 Å². The van der Waals surface area contributed by atoms with Gasteiger partial charge in [0.15, 0.2) is 0 Å². The minimum absolute atomic E-state index is 0.0483. The molecule has 21 heavy (non-hydrogen) atoms. The highest BCUT2D eigenvalue weighted by Crippen LogP contribution is 2.20. The number of nitrogens with one attached hydrogen (secondary N) is 1. The van der Waals surface area contributed by atoms with Crippen LogP contribution >= 0.6 is 11.3 Å². The Hall–Kier alpha value is -2.46. The minimum Gasteiger partial charge on any atom is -0.347 e. The van der Waals surface area contributed by atoms with Gasteiger partial charge in [-0.3, -0.25) is 9.78 Å². The van der Waals surface area contributed by atoms with Crippen molar-refractivity contribution in [2.75, 3.05) is 0 Å². The summed E-state index contributed by atoms with van der Waals surface area (Å²) in [6.45, 7) is 0.467. The molecule has 0 unspecified atom stereocenters. The first-order chi connectivity index (χ1) is 10.3. The SMILES string of the molecule is O=C(NCc1cccnc1-c1ccccc1)c1cccs1. The molecule has 1 aromatic carbocycles. The molecule has 3 aromatic rings. The fraction of sp³-hybridized carbons (Fsp3) is 0.0588. The molecule has 0 saturated heterocycles. The zero-order valence-electron chi connectivity index (χ0n) is 11.3. The van der Waals surface area contributed by atoms with Crippen molar-refractivity contribution in [2.24, 2.45) is 0 Å². The molecule has 1 amide bonds. The van der Waals surface area contributed by atoms with Crippen LogP contribution < -0.4 is 5.32 Å². The monoisotopic (exact) mass is 294 g/mol. The smallest absolute Gasteiger partial charge is 0.261 e. The summed E-state index contributed by atoms with van der Waals surface area (Å²) in [5.41, 5.74) is 2.97. The van der Waals surface area contributed by atoms with Crippen molar-refractivity contribution in [3.63, 3.8) is 0 Å². The van der Waals surface area contributed by atoms with Gasteiger partial charge >= 0.3 is 0 Å². The Labute approximate surface area is 127 Å². The predicted molar refractivity (Wildman–Crippen MR) is 85.2 cm³/mol. The summed E-state index contributed by atoms with van der Waals surface area (Å²) in [6.07, 6.45) is 1.77. The van der Waals surface area contributed by atoms with Crippen molar-refractivity contribution in [1.29, 1.82) is 0 Å². The zero-order valence-corrected chi connectivity index (χ0v) is 12.1. The van der Waals surface area contributed by atoms with Gasteiger partial charge < -0.3 is 5.32 Å². The van der Waals surface area contributed by atoms with Crippen LogP contribution in [0.1, 0.15) is 15.2 Å². The Morgan fingerprint density at radius 2 is 1.90 bits per heavy atom. The molecule has 3 nitrogen and oxygen atoms in total. The molecule has 0 spiro atoms. The highest BCUT2D eigenvalue weighted by atomic mass is 32.1. The van der Waals surface area contributed by atoms with Crippen LogP contribution in [0, 0.1) is 0 Å². The lowest BCUT2D eigenvalue weighted by atomic mass is 10.1. The van der Waals surface area contributed by atoms with E-state index in [0.717, 1.165) is 21.7 Å². The van der Waals surface area contributed by atoms with Gasteiger partial charge in [0.05, 0.1) is 10.6 Å². The molecule has 104 valence electrons. The average molecular weight is 294 g/mol. The van der Waals surface area contributed by atoms with E-state index in [0.29, 0.717) is 6.54 Å². The Bertz CT molecular complexity index is 724. The van der Waals surface area contributed by atoms with Gasteiger partial charge in [0.25, 0.3) is 5.91 Å². The van der Waals surface area contributed by atoms with Gasteiger partial charge in [-0.05, 0) is 23.1 Å². The second kappa shape index (κ2) is 6.33. The molecule has 0 radical (unpaired) electrons. The largest absolute Gasteiger partial charge is 0.347 e. The molecule has 2 aromatic heterocycles. The molecule has 0 aliphatic carbocycles. The fourth-order valence-electron chi connectivity index (χ4n) is 2.11. The molecule has 0 atom stereocenters. The maximum absolute atomic E-state index is 12.0. The number of hydrogen-bond acceptors (Lipinski definition) is 3. The van der Waals surface area contributed by atoms with Gasteiger partial charge in [0.2, 0.25) is 0 Å². The lowest BCUT2D eigenvalue weighted by Gasteiger charge is -2.09. The highest BCUT2D eigenvalue weighted by molar-refractivity contribution is 7.12. The van der Waals surface area contributed by atoms with Gasteiger partial charge in [-0.25, -0.2) is 0 Å². The number of hydrogen-bond donors (Lipinski definition) is 1. The number of pyridine rings is 1. The maximum Gasteiger partial charge on any atom is 0.261 e. The minimum atomic E-state index is -0.0483. The van der Waals surface area contributed by atoms with E-state index < -0.39 is 0 Å². The van der Waals surface area contributed by atoms with Crippen LogP contribution in [0.5, 0.6) is 0 Å². The summed E-state index contributed by atoms with van der Waals surface area (Å²) >= 11 is 1.44. The van der Waals surface area contributed by atoms with E-state index in [1.807, 2.05) is 60.0 Å². The molecule has 0 fully saturated rings. The quantitative estimate of drug-likeness (QED) is 0.796. The first-order valence-electron chi connectivity index (χ1n) is 6.65. The van der Waals surface area contributed by atoms with Crippen molar-refractivity contribution in [3.8, 4) is 11.3 Å². The summed E-state index contributed by atoms with van der Waals surface area (Å²) in [7, 11) is 0. The predicted octanol–water partition coefficient (Wildman–Crippen LogP) is 3.74. The molecule has 4 heteroatoms. The lowest BCUT2D eigenvalue weighted by molar-refractivity contribution is 0.0955. The molecule has 3 rings (SSSR count). The second-order valence-electron chi connectivity index (χ2n) is 4.54. The third-order valence-electron chi connectivity index (χ3n) is 3.12. The van der Waals surface area contributed by atoms with E-state index >= 15 is 0 Å². The molecule has 1 N–H and O–H groups in total. The number of thiophene rings is 1. The van der Waals surface area contributed by atoms with Crippen LogP contribution in [0.3, 0.4) is 0 Å². The molecule has 0 aliphatic heterocycles. The van der Waals surface area contributed by atoms with E-state index in [-0.39, 0.29) is 5.91 Å². The molecular formula is C17H14N2OS. The maximum atomic E-state index is 12.0. The van der Waals surface area contributed by atoms with Crippen molar-refractivity contribution < 1.29 is 4.79 Å². The summed E-state index contributed by atoms with van der Waals surface area (Å²) in [4.78, 5) is 17.2. The van der Waals surface area contributed by atoms with Crippen molar-refractivity contribution >= 4 is 17.2 Å². The zero-order chi connectivity index (χ0) is 14.5. The number of nitrogens with zero attached hydrogens (tertiary/aromatic N) is 1. The van der Waals surface area contributed by atoms with Crippen molar-refractivity contribution in [1.82, 2.24) is 10.3 Å². The molecular weight excluding hydrogens is 280 g/mol. The summed E-state index contributed by atoms with van der Waals surface area (Å²) < 4.78 is 0. The standard InChI is InChI=1S/C17H14N2OS/c20-17(15-9-5-11-21-15)19-12-14-8-4-10-18-16(14)13-6-2-1-3-7-13/h1-11H,12H2,(H,19,20). The number of benzene rings is 1. The third kappa shape index (κ3) is 3.17. The first-order valence-corrected chi connectivity index (χ1v) is 7.53. The number of carbonyl (C=O) groups is 1. The van der Waals surface area contributed by atoms with E-state index in [2.05, 4.69) is 10.3 Å². The van der Waals surface area contributed by atoms with Gasteiger partial charge in [0.1, 0.15) is 0 Å². The van der Waals surface area contributed by atoms with E-state index in [9.17, 15) is 4.79 Å². The first kappa shape index (κ1) is 13.5. The Morgan fingerprint density at radius 3 is 2.67 bits per heavy atom. The summed E-state index contributed by atoms with van der Waals surface area (Å²) in [5, 5.41) is 4.84. The number of carbonyl (C=O) groups excluding carboxylic acids is 1. The summed E-state index contributed by atoms with van der Waals surface area (Å²) in [5.74, 6) is -0.0483. The second-order valence-corrected chi connectivity index (χ2v) is 5.48. The highest BCUT2D eigenvalue weighted by Gasteiger charge is 2.09. The van der Waals surface area contributed by atoms with Crippen LogP contribution in [-0.4, -0.2) is 10.9 Å². The Balaban J connectivity index is 1.79. The lowest BCUT2D eigenvalue weighted by Crippen LogP contribution is -2.22. The van der Waals surface area contributed by atoms with Gasteiger partial charge in [-0.2, -0.15) is 0 Å². The average Bonchev–Trinajstić information content (AvgIpc) is 3.08. The molecule has 0 bridgehead atoms. The van der Waals surface area contributed by atoms with Crippen molar-refractivity contribution in [3.05, 3.63) is 76.6 Å². The molecule has 0 aliphatic rings. The van der Waals surface area contributed by atoms with Gasteiger partial charge in [0, 0.05) is 18.3 Å². The third-order valence-corrected chi connectivity index (χ3v) is 3.99. The van der Waals surface area contributed by atoms with Gasteiger partial charge in [-0.1, -0.05) is 42.5 Å². The Morgan fingerprint density at radius 1 is 1.05 bits per heavy atom. The van der Waals surface area contributed by atoms with Crippen LogP contribution in [0.25, 0.3) is 11.3 Å². The van der Waals surface area contributed by atoms with E-state index in [4.69, 9.17) is 0 Å². The Kier molecular flexibility index (Phi) is 4.07. The van der Waals surface area contributed by atoms with E-state index in [1.165, 1.54) is 11.3 Å². The molecule has 0 saturated carbocycles. The summed E-state index contributed by atoms with van der Waals surface area (Å²) in [6, 6.07) is 17.6. The van der Waals surface area contributed by atoms with E-state index in [1.54, 1.807) is 6.20 Å². The van der Waals surface area contributed by atoms with Crippen molar-refractivity contribution in [2.45, 2.75) is 6.54 Å². The number of amides is 1. The van der Waals surface area contributed by atoms with Crippen LogP contribution in [0.15, 0.2) is 66.2 Å². The fourth-order valence-corrected chi connectivity index (χ4v) is 2.75. The number of rotatable bonds is 4. The van der Waals surface area contributed by atoms with Gasteiger partial charge in [-0.15, -0.1) is 11.3 Å². The topological polar surface area (TPSA) is 42.0 Å². The van der Waals surface area contributed by atoms with Crippen LogP contribution in [0.4, 0.5) is 0 Å². The molecule has 2 heterocycles. The normalized spacial score (nSPS) is 10.3. The number of aromatic nitrogens is 1.